The van der Waals surface area contributed by atoms with Gasteiger partial charge in [-0.3, -0.25) is 4.79 Å². The standard InChI is InChI=1S/C30H46O5/c1-25(2)13-14-30(24(34)35)19(15-25)18-7-8-21-26(3)11-10-22(32)27(4,17-31)20(26)9-12-28(21,5)29(18,6)16-23(30)33/h7,17,19-23,32-33H,8-16H2,1-6H3,(H,34,35)/t19?,20-,21?,22?,23-,26?,27?,28+,29+,30?/m0/s1. The third kappa shape index (κ3) is 2.94. The molecule has 0 amide bonds. The van der Waals surface area contributed by atoms with Crippen LogP contribution in [0.15, 0.2) is 11.6 Å². The van der Waals surface area contributed by atoms with E-state index in [1.54, 1.807) is 0 Å². The van der Waals surface area contributed by atoms with Gasteiger partial charge in [0.05, 0.1) is 17.6 Å². The first kappa shape index (κ1) is 25.4. The molecule has 0 aromatic rings. The smallest absolute Gasteiger partial charge is 0.312 e. The molecule has 3 N–H and O–H groups in total. The molecule has 0 aromatic carbocycles. The normalized spacial score (nSPS) is 54.9. The third-order valence-corrected chi connectivity index (χ3v) is 13.0. The molecule has 0 aliphatic heterocycles. The Morgan fingerprint density at radius 3 is 2.23 bits per heavy atom. The Morgan fingerprint density at radius 1 is 0.914 bits per heavy atom. The van der Waals surface area contributed by atoms with Crippen molar-refractivity contribution in [2.24, 2.45) is 50.2 Å². The molecule has 5 aliphatic rings. The summed E-state index contributed by atoms with van der Waals surface area (Å²) in [6.07, 6.45) is 8.83. The predicted molar refractivity (Wildman–Crippen MR) is 134 cm³/mol. The lowest BCUT2D eigenvalue weighted by molar-refractivity contribution is -0.217. The Hall–Kier alpha value is -1.20. The van der Waals surface area contributed by atoms with Gasteiger partial charge in [0.15, 0.2) is 0 Å². The Balaban J connectivity index is 1.63. The van der Waals surface area contributed by atoms with E-state index in [2.05, 4.69) is 40.7 Å². The van der Waals surface area contributed by atoms with Crippen molar-refractivity contribution in [2.45, 2.75) is 112 Å². The van der Waals surface area contributed by atoms with Crippen LogP contribution in [-0.4, -0.2) is 39.8 Å². The number of aliphatic hydroxyl groups is 2. The highest BCUT2D eigenvalue weighted by atomic mass is 16.4. The average Bonchev–Trinajstić information content (AvgIpc) is 2.76. The largest absolute Gasteiger partial charge is 0.481 e. The summed E-state index contributed by atoms with van der Waals surface area (Å²) in [6, 6.07) is 0. The monoisotopic (exact) mass is 486 g/mol. The highest BCUT2D eigenvalue weighted by molar-refractivity contribution is 5.77. The fraction of sp³-hybridized carbons (Fsp3) is 0.867. The number of hydrogen-bond acceptors (Lipinski definition) is 4. The van der Waals surface area contributed by atoms with Gasteiger partial charge in [-0.2, -0.15) is 0 Å². The second kappa shape index (κ2) is 7.43. The van der Waals surface area contributed by atoms with Crippen LogP contribution in [0.25, 0.3) is 0 Å². The lowest BCUT2D eigenvalue weighted by Crippen LogP contribution is -2.67. The number of aldehydes is 1. The van der Waals surface area contributed by atoms with Crippen molar-refractivity contribution in [2.75, 3.05) is 0 Å². The van der Waals surface area contributed by atoms with Crippen LogP contribution in [0.4, 0.5) is 0 Å². The van der Waals surface area contributed by atoms with E-state index in [9.17, 15) is 24.9 Å². The van der Waals surface area contributed by atoms with Crippen molar-refractivity contribution in [1.82, 2.24) is 0 Å². The Morgan fingerprint density at radius 2 is 1.60 bits per heavy atom. The zero-order valence-electron chi connectivity index (χ0n) is 22.6. The number of carboxylic acid groups (broad SMARTS) is 1. The highest BCUT2D eigenvalue weighted by Crippen LogP contribution is 2.75. The number of fused-ring (bicyclic) bond motifs is 7. The Kier molecular flexibility index (Phi) is 5.40. The number of hydrogen-bond donors (Lipinski definition) is 3. The second-order valence-corrected chi connectivity index (χ2v) is 14.8. The maximum atomic E-state index is 12.8. The van der Waals surface area contributed by atoms with Crippen molar-refractivity contribution >= 4 is 12.3 Å². The van der Waals surface area contributed by atoms with Gasteiger partial charge in [-0.1, -0.05) is 53.2 Å². The minimum atomic E-state index is -1.09. The minimum absolute atomic E-state index is 0.0507. The van der Waals surface area contributed by atoms with Gasteiger partial charge in [0.1, 0.15) is 11.7 Å². The van der Waals surface area contributed by atoms with Gasteiger partial charge in [-0.05, 0) is 97.2 Å². The van der Waals surface area contributed by atoms with Crippen LogP contribution in [0.2, 0.25) is 0 Å². The van der Waals surface area contributed by atoms with E-state index >= 15 is 0 Å². The van der Waals surface area contributed by atoms with Gasteiger partial charge in [0.25, 0.3) is 0 Å². The summed E-state index contributed by atoms with van der Waals surface area (Å²) in [6.45, 7) is 13.5. The molecule has 196 valence electrons. The van der Waals surface area contributed by atoms with Gasteiger partial charge in [0, 0.05) is 0 Å². The van der Waals surface area contributed by atoms with Crippen LogP contribution in [-0.2, 0) is 9.59 Å². The zero-order valence-corrected chi connectivity index (χ0v) is 22.6. The Bertz CT molecular complexity index is 970. The van der Waals surface area contributed by atoms with Crippen LogP contribution in [0.5, 0.6) is 0 Å². The van der Waals surface area contributed by atoms with Crippen molar-refractivity contribution in [1.29, 1.82) is 0 Å². The number of aliphatic hydroxyl groups excluding tert-OH is 2. The number of carbonyl (C=O) groups excluding carboxylic acids is 1. The molecule has 5 heteroatoms. The zero-order chi connectivity index (χ0) is 25.8. The van der Waals surface area contributed by atoms with Crippen LogP contribution in [0, 0.1) is 50.2 Å². The molecule has 5 rings (SSSR count). The fourth-order valence-corrected chi connectivity index (χ4v) is 10.6. The van der Waals surface area contributed by atoms with Gasteiger partial charge >= 0.3 is 5.97 Å². The average molecular weight is 487 g/mol. The minimum Gasteiger partial charge on any atom is -0.481 e. The topological polar surface area (TPSA) is 94.8 Å². The molecule has 10 atom stereocenters. The third-order valence-electron chi connectivity index (χ3n) is 13.0. The molecule has 35 heavy (non-hydrogen) atoms. The molecule has 0 bridgehead atoms. The van der Waals surface area contributed by atoms with Gasteiger partial charge in [-0.25, -0.2) is 0 Å². The van der Waals surface area contributed by atoms with E-state index in [4.69, 9.17) is 0 Å². The van der Waals surface area contributed by atoms with Crippen LogP contribution < -0.4 is 0 Å². The molecule has 0 heterocycles. The van der Waals surface area contributed by atoms with Gasteiger partial charge < -0.3 is 20.1 Å². The number of aliphatic carboxylic acids is 1. The molecule has 4 saturated carbocycles. The Labute approximate surface area is 210 Å². The molecule has 0 spiro atoms. The van der Waals surface area contributed by atoms with Crippen LogP contribution in [0.3, 0.4) is 0 Å². The van der Waals surface area contributed by atoms with Gasteiger partial charge in [0.2, 0.25) is 0 Å². The summed E-state index contributed by atoms with van der Waals surface area (Å²) in [5.74, 6) is -0.517. The molecule has 4 fully saturated rings. The lowest BCUT2D eigenvalue weighted by Gasteiger charge is -2.71. The van der Waals surface area contributed by atoms with E-state index in [-0.39, 0.29) is 33.5 Å². The predicted octanol–water partition coefficient (Wildman–Crippen LogP) is 5.38. The first-order valence-corrected chi connectivity index (χ1v) is 13.9. The van der Waals surface area contributed by atoms with E-state index in [0.29, 0.717) is 25.2 Å². The molecule has 5 aliphatic carbocycles. The molecule has 0 radical (unpaired) electrons. The van der Waals surface area contributed by atoms with Crippen molar-refractivity contribution in [3.8, 4) is 0 Å². The number of rotatable bonds is 2. The molecular weight excluding hydrogens is 440 g/mol. The number of carboxylic acids is 1. The summed E-state index contributed by atoms with van der Waals surface area (Å²) in [7, 11) is 0. The first-order chi connectivity index (χ1) is 16.1. The van der Waals surface area contributed by atoms with Gasteiger partial charge in [-0.15, -0.1) is 0 Å². The molecule has 0 saturated heterocycles. The molecule has 5 nitrogen and oxygen atoms in total. The van der Waals surface area contributed by atoms with Crippen molar-refractivity contribution < 1.29 is 24.9 Å². The fourth-order valence-electron chi connectivity index (χ4n) is 10.6. The number of carbonyl (C=O) groups is 2. The van der Waals surface area contributed by atoms with E-state index in [0.717, 1.165) is 44.8 Å². The van der Waals surface area contributed by atoms with E-state index in [1.807, 2.05) is 6.92 Å². The summed E-state index contributed by atoms with van der Waals surface area (Å²) >= 11 is 0. The summed E-state index contributed by atoms with van der Waals surface area (Å²) < 4.78 is 0. The summed E-state index contributed by atoms with van der Waals surface area (Å²) in [4.78, 5) is 25.1. The van der Waals surface area contributed by atoms with E-state index in [1.165, 1.54) is 5.57 Å². The second-order valence-electron chi connectivity index (χ2n) is 14.8. The molecule has 6 unspecified atom stereocenters. The molecule has 0 aromatic heterocycles. The SMILES string of the molecule is CC1(C)CCC2(C(=O)O)C(C1)C1=CCC3C4(C)CCC(O)C(C)(C=O)[C@H]4CC[C@@]3(C)[C@]1(C)C[C@@H]2O. The van der Waals surface area contributed by atoms with Crippen LogP contribution in [0.1, 0.15) is 99.3 Å². The summed E-state index contributed by atoms with van der Waals surface area (Å²) in [5.41, 5.74) is -0.934. The highest BCUT2D eigenvalue weighted by Gasteiger charge is 2.71. The summed E-state index contributed by atoms with van der Waals surface area (Å²) in [5, 5.41) is 33.0. The first-order valence-electron chi connectivity index (χ1n) is 13.9. The maximum absolute atomic E-state index is 12.8. The quantitative estimate of drug-likeness (QED) is 0.360. The number of allylic oxidation sites excluding steroid dienone is 2. The van der Waals surface area contributed by atoms with Crippen LogP contribution >= 0.6 is 0 Å². The maximum Gasteiger partial charge on any atom is 0.312 e. The van der Waals surface area contributed by atoms with E-state index < -0.39 is 29.0 Å². The lowest BCUT2D eigenvalue weighted by atomic mass is 9.33. The van der Waals surface area contributed by atoms with Crippen molar-refractivity contribution in [3.63, 3.8) is 0 Å². The molecular formula is C30H46O5. The van der Waals surface area contributed by atoms with Crippen molar-refractivity contribution in [3.05, 3.63) is 11.6 Å².